The van der Waals surface area contributed by atoms with Gasteiger partial charge in [0.15, 0.2) is 5.82 Å². The molecule has 0 saturated carbocycles. The zero-order valence-corrected chi connectivity index (χ0v) is 20.2. The zero-order chi connectivity index (χ0) is 24.8. The fraction of sp³-hybridized carbons (Fsp3) is 0.233. The molecule has 0 aliphatic carbocycles. The number of nitrogens with zero attached hydrogens (tertiary/aromatic N) is 2. The van der Waals surface area contributed by atoms with E-state index in [9.17, 15) is 9.59 Å². The summed E-state index contributed by atoms with van der Waals surface area (Å²) in [6.07, 6.45) is 2.33. The number of hydrogen-bond acceptors (Lipinski definition) is 3. The Labute approximate surface area is 211 Å². The van der Waals surface area contributed by atoms with Crippen LogP contribution in [-0.4, -0.2) is 40.0 Å². The van der Waals surface area contributed by atoms with Crippen LogP contribution < -0.4 is 5.32 Å². The Kier molecular flexibility index (Phi) is 6.94. The molecule has 0 unspecified atom stereocenters. The minimum Gasteiger partial charge on any atom is -0.343 e. The zero-order valence-electron chi connectivity index (χ0n) is 20.2. The van der Waals surface area contributed by atoms with Gasteiger partial charge in [-0.3, -0.25) is 14.7 Å². The second-order valence-corrected chi connectivity index (χ2v) is 9.30. The number of H-pyrrole nitrogens is 1. The van der Waals surface area contributed by atoms with E-state index in [1.807, 2.05) is 102 Å². The molecule has 0 bridgehead atoms. The van der Waals surface area contributed by atoms with Gasteiger partial charge in [-0.25, -0.2) is 0 Å². The number of anilines is 1. The smallest absolute Gasteiger partial charge is 0.236 e. The van der Waals surface area contributed by atoms with Crippen molar-refractivity contribution in [3.63, 3.8) is 0 Å². The lowest BCUT2D eigenvalue weighted by Crippen LogP contribution is -2.51. The third-order valence-electron chi connectivity index (χ3n) is 7.11. The molecule has 0 atom stereocenters. The van der Waals surface area contributed by atoms with E-state index >= 15 is 0 Å². The van der Waals surface area contributed by atoms with Crippen LogP contribution in [0.3, 0.4) is 0 Å². The molecule has 6 heteroatoms. The average molecular weight is 479 g/mol. The van der Waals surface area contributed by atoms with Crippen molar-refractivity contribution in [3.05, 3.63) is 108 Å². The van der Waals surface area contributed by atoms with Crippen LogP contribution in [0.5, 0.6) is 0 Å². The fourth-order valence-corrected chi connectivity index (χ4v) is 4.98. The van der Waals surface area contributed by atoms with Crippen molar-refractivity contribution in [2.24, 2.45) is 0 Å². The third-order valence-corrected chi connectivity index (χ3v) is 7.11. The quantitative estimate of drug-likeness (QED) is 0.383. The number of piperidine rings is 1. The number of aryl methyl sites for hydroxylation is 1. The van der Waals surface area contributed by atoms with E-state index in [0.717, 1.165) is 28.8 Å². The Morgan fingerprint density at radius 1 is 0.861 bits per heavy atom. The lowest BCUT2D eigenvalue weighted by Gasteiger charge is -2.41. The number of benzene rings is 3. The Bertz CT molecular complexity index is 1290. The molecule has 1 aliphatic heterocycles. The third kappa shape index (κ3) is 5.08. The van der Waals surface area contributed by atoms with Crippen LogP contribution in [0.15, 0.2) is 97.1 Å². The van der Waals surface area contributed by atoms with Gasteiger partial charge in [-0.2, -0.15) is 5.10 Å². The van der Waals surface area contributed by atoms with Gasteiger partial charge in [-0.15, -0.1) is 0 Å². The van der Waals surface area contributed by atoms with Crippen LogP contribution in [0.2, 0.25) is 0 Å². The van der Waals surface area contributed by atoms with Crippen LogP contribution in [0.4, 0.5) is 5.82 Å². The minimum atomic E-state index is -0.719. The minimum absolute atomic E-state index is 0.0869. The summed E-state index contributed by atoms with van der Waals surface area (Å²) in [4.78, 5) is 28.6. The lowest BCUT2D eigenvalue weighted by atomic mass is 9.72. The molecule has 2 heterocycles. The van der Waals surface area contributed by atoms with Gasteiger partial charge in [0.2, 0.25) is 11.8 Å². The van der Waals surface area contributed by atoms with Crippen LogP contribution >= 0.6 is 0 Å². The molecular formula is C30H30N4O2. The van der Waals surface area contributed by atoms with E-state index in [0.29, 0.717) is 38.2 Å². The highest BCUT2D eigenvalue weighted by Crippen LogP contribution is 2.37. The molecule has 1 saturated heterocycles. The number of rotatable bonds is 7. The summed E-state index contributed by atoms with van der Waals surface area (Å²) in [5.41, 5.74) is 3.26. The number of aromatic nitrogens is 2. The maximum atomic E-state index is 13.8. The molecule has 36 heavy (non-hydrogen) atoms. The molecule has 5 rings (SSSR count). The van der Waals surface area contributed by atoms with Crippen LogP contribution in [0.1, 0.15) is 30.4 Å². The summed E-state index contributed by atoms with van der Waals surface area (Å²) >= 11 is 0. The van der Waals surface area contributed by atoms with Crippen molar-refractivity contribution >= 4 is 17.6 Å². The summed E-state index contributed by atoms with van der Waals surface area (Å²) in [6, 6.07) is 31.7. The van der Waals surface area contributed by atoms with E-state index in [-0.39, 0.29) is 11.8 Å². The number of likely N-dealkylation sites (tertiary alicyclic amines) is 1. The SMILES string of the molecule is O=C(CCc1ccccc1)N1CCC(C(=O)Nc2cc(-c3ccccc3)[nH]n2)(c2ccccc2)CC1. The van der Waals surface area contributed by atoms with Crippen molar-refractivity contribution in [2.75, 3.05) is 18.4 Å². The molecule has 4 aromatic rings. The average Bonchev–Trinajstić information content (AvgIpc) is 3.42. The molecule has 182 valence electrons. The van der Waals surface area contributed by atoms with E-state index < -0.39 is 5.41 Å². The molecule has 0 radical (unpaired) electrons. The topological polar surface area (TPSA) is 78.1 Å². The Balaban J connectivity index is 1.29. The van der Waals surface area contributed by atoms with Crippen molar-refractivity contribution in [2.45, 2.75) is 31.1 Å². The molecule has 2 amide bonds. The maximum Gasteiger partial charge on any atom is 0.236 e. The molecule has 1 aromatic heterocycles. The van der Waals surface area contributed by atoms with Gasteiger partial charge >= 0.3 is 0 Å². The van der Waals surface area contributed by atoms with E-state index in [1.54, 1.807) is 0 Å². The predicted molar refractivity (Wildman–Crippen MR) is 141 cm³/mol. The predicted octanol–water partition coefficient (Wildman–Crippen LogP) is 5.21. The summed E-state index contributed by atoms with van der Waals surface area (Å²) < 4.78 is 0. The van der Waals surface area contributed by atoms with Gasteiger partial charge in [-0.05, 0) is 36.0 Å². The second-order valence-electron chi connectivity index (χ2n) is 9.30. The van der Waals surface area contributed by atoms with Crippen molar-refractivity contribution < 1.29 is 9.59 Å². The maximum absolute atomic E-state index is 13.8. The van der Waals surface area contributed by atoms with Crippen LogP contribution in [0.25, 0.3) is 11.3 Å². The van der Waals surface area contributed by atoms with Gasteiger partial charge in [0.05, 0.1) is 11.1 Å². The van der Waals surface area contributed by atoms with Crippen molar-refractivity contribution in [3.8, 4) is 11.3 Å². The summed E-state index contributed by atoms with van der Waals surface area (Å²) in [6.45, 7) is 1.09. The first-order chi connectivity index (χ1) is 17.6. The second kappa shape index (κ2) is 10.6. The molecule has 1 aliphatic rings. The fourth-order valence-electron chi connectivity index (χ4n) is 4.98. The number of amides is 2. The molecule has 6 nitrogen and oxygen atoms in total. The van der Waals surface area contributed by atoms with Gasteiger partial charge < -0.3 is 10.2 Å². The monoisotopic (exact) mass is 478 g/mol. The number of nitrogens with one attached hydrogen (secondary N) is 2. The Morgan fingerprint density at radius 3 is 2.14 bits per heavy atom. The van der Waals surface area contributed by atoms with Gasteiger partial charge in [0.1, 0.15) is 0 Å². The molecule has 1 fully saturated rings. The molecule has 3 aromatic carbocycles. The first-order valence-electron chi connectivity index (χ1n) is 12.4. The summed E-state index contributed by atoms with van der Waals surface area (Å²) in [5.74, 6) is 0.549. The van der Waals surface area contributed by atoms with Crippen molar-refractivity contribution in [1.82, 2.24) is 15.1 Å². The first kappa shape index (κ1) is 23.5. The lowest BCUT2D eigenvalue weighted by molar-refractivity contribution is -0.135. The van der Waals surface area contributed by atoms with E-state index in [1.165, 1.54) is 0 Å². The summed E-state index contributed by atoms with van der Waals surface area (Å²) in [7, 11) is 0. The highest BCUT2D eigenvalue weighted by Gasteiger charge is 2.43. The van der Waals surface area contributed by atoms with Crippen LogP contribution in [0, 0.1) is 0 Å². The Hall–Kier alpha value is -4.19. The van der Waals surface area contributed by atoms with Gasteiger partial charge in [-0.1, -0.05) is 91.0 Å². The summed E-state index contributed by atoms with van der Waals surface area (Å²) in [5, 5.41) is 10.4. The molecule has 0 spiro atoms. The normalized spacial score (nSPS) is 14.8. The number of carbonyl (C=O) groups is 2. The number of hydrogen-bond donors (Lipinski definition) is 2. The van der Waals surface area contributed by atoms with Gasteiger partial charge in [0, 0.05) is 25.6 Å². The molecule has 2 N–H and O–H groups in total. The highest BCUT2D eigenvalue weighted by molar-refractivity contribution is 5.99. The van der Waals surface area contributed by atoms with E-state index in [4.69, 9.17) is 0 Å². The number of aromatic amines is 1. The van der Waals surface area contributed by atoms with Crippen LogP contribution in [-0.2, 0) is 21.4 Å². The standard InChI is InChI=1S/C30H30N4O2/c35-28(17-16-23-10-4-1-5-11-23)34-20-18-30(19-21-34,25-14-8-3-9-15-25)29(36)31-27-22-26(32-33-27)24-12-6-2-7-13-24/h1-15,22H,16-21H2,(H2,31,32,33,36). The number of carbonyl (C=O) groups excluding carboxylic acids is 2. The first-order valence-corrected chi connectivity index (χ1v) is 12.4. The molecular weight excluding hydrogens is 448 g/mol. The van der Waals surface area contributed by atoms with E-state index in [2.05, 4.69) is 15.5 Å². The largest absolute Gasteiger partial charge is 0.343 e. The Morgan fingerprint density at radius 2 is 1.47 bits per heavy atom. The van der Waals surface area contributed by atoms with Crippen molar-refractivity contribution in [1.29, 1.82) is 0 Å². The van der Waals surface area contributed by atoms with Gasteiger partial charge in [0.25, 0.3) is 0 Å². The highest BCUT2D eigenvalue weighted by atomic mass is 16.2.